The van der Waals surface area contributed by atoms with E-state index in [0.29, 0.717) is 18.5 Å². The molecule has 0 radical (unpaired) electrons. The van der Waals surface area contributed by atoms with E-state index >= 15 is 0 Å². The van der Waals surface area contributed by atoms with Gasteiger partial charge < -0.3 is 5.32 Å². The third-order valence-corrected chi connectivity index (χ3v) is 5.13. The van der Waals surface area contributed by atoms with Crippen molar-refractivity contribution in [1.82, 2.24) is 19.8 Å². The summed E-state index contributed by atoms with van der Waals surface area (Å²) in [6.07, 6.45) is 6.46. The van der Waals surface area contributed by atoms with Gasteiger partial charge in [0.1, 0.15) is 4.90 Å². The SMILES string of the molecule is CC1CC1NS(=O)(=O)c1cnn(CCNC2CC2)c1. The van der Waals surface area contributed by atoms with E-state index in [1.165, 1.54) is 19.0 Å². The molecule has 0 aromatic carbocycles. The van der Waals surface area contributed by atoms with Gasteiger partial charge in [-0.2, -0.15) is 5.10 Å². The van der Waals surface area contributed by atoms with E-state index in [2.05, 4.69) is 15.1 Å². The van der Waals surface area contributed by atoms with Crippen LogP contribution in [-0.2, 0) is 16.6 Å². The highest BCUT2D eigenvalue weighted by Gasteiger charge is 2.36. The molecule has 19 heavy (non-hydrogen) atoms. The monoisotopic (exact) mass is 284 g/mol. The number of hydrogen-bond acceptors (Lipinski definition) is 4. The Morgan fingerprint density at radius 1 is 1.47 bits per heavy atom. The molecule has 2 N–H and O–H groups in total. The summed E-state index contributed by atoms with van der Waals surface area (Å²) < 4.78 is 28.5. The van der Waals surface area contributed by atoms with Gasteiger partial charge in [0.15, 0.2) is 0 Å². The number of sulfonamides is 1. The Kier molecular flexibility index (Phi) is 3.36. The molecule has 106 valence electrons. The standard InChI is InChI=1S/C12H20N4O2S/c1-9-6-12(9)15-19(17,18)11-7-14-16(8-11)5-4-13-10-2-3-10/h7-10,12-13,15H,2-6H2,1H3. The maximum absolute atomic E-state index is 12.1. The van der Waals surface area contributed by atoms with Crippen molar-refractivity contribution in [2.75, 3.05) is 6.54 Å². The van der Waals surface area contributed by atoms with E-state index in [0.717, 1.165) is 13.0 Å². The highest BCUT2D eigenvalue weighted by atomic mass is 32.2. The average Bonchev–Trinajstić information content (AvgIpc) is 3.22. The zero-order chi connectivity index (χ0) is 13.5. The molecule has 2 atom stereocenters. The fraction of sp³-hybridized carbons (Fsp3) is 0.750. The van der Waals surface area contributed by atoms with Crippen molar-refractivity contribution in [2.45, 2.75) is 49.7 Å². The molecule has 0 amide bonds. The Labute approximate surface area is 113 Å². The minimum atomic E-state index is -3.39. The highest BCUT2D eigenvalue weighted by Crippen LogP contribution is 2.30. The molecule has 1 aromatic rings. The van der Waals surface area contributed by atoms with Crippen molar-refractivity contribution in [3.63, 3.8) is 0 Å². The molecule has 7 heteroatoms. The normalized spacial score (nSPS) is 26.6. The highest BCUT2D eigenvalue weighted by molar-refractivity contribution is 7.89. The second kappa shape index (κ2) is 4.88. The van der Waals surface area contributed by atoms with Crippen LogP contribution in [0.1, 0.15) is 26.2 Å². The summed E-state index contributed by atoms with van der Waals surface area (Å²) in [5, 5.41) is 7.48. The van der Waals surface area contributed by atoms with Gasteiger partial charge in [0.05, 0.1) is 12.7 Å². The van der Waals surface area contributed by atoms with Crippen molar-refractivity contribution in [2.24, 2.45) is 5.92 Å². The van der Waals surface area contributed by atoms with Crippen molar-refractivity contribution in [1.29, 1.82) is 0 Å². The summed E-state index contributed by atoms with van der Waals surface area (Å²) >= 11 is 0. The maximum atomic E-state index is 12.1. The van der Waals surface area contributed by atoms with Gasteiger partial charge in [-0.25, -0.2) is 13.1 Å². The molecular weight excluding hydrogens is 264 g/mol. The molecule has 0 bridgehead atoms. The third kappa shape index (κ3) is 3.34. The average molecular weight is 284 g/mol. The second-order valence-electron chi connectivity index (χ2n) is 5.61. The second-order valence-corrected chi connectivity index (χ2v) is 7.32. The molecule has 0 aliphatic heterocycles. The minimum Gasteiger partial charge on any atom is -0.312 e. The van der Waals surface area contributed by atoms with E-state index in [-0.39, 0.29) is 10.9 Å². The summed E-state index contributed by atoms with van der Waals surface area (Å²) in [7, 11) is -3.39. The van der Waals surface area contributed by atoms with Crippen LogP contribution in [0.3, 0.4) is 0 Å². The van der Waals surface area contributed by atoms with Gasteiger partial charge in [0.2, 0.25) is 10.0 Å². The summed E-state index contributed by atoms with van der Waals surface area (Å²) in [6.45, 7) is 3.57. The molecule has 0 saturated heterocycles. The molecule has 2 fully saturated rings. The molecule has 2 aliphatic rings. The van der Waals surface area contributed by atoms with Crippen molar-refractivity contribution >= 4 is 10.0 Å². The Balaban J connectivity index is 1.56. The van der Waals surface area contributed by atoms with Crippen LogP contribution < -0.4 is 10.0 Å². The maximum Gasteiger partial charge on any atom is 0.243 e. The zero-order valence-electron chi connectivity index (χ0n) is 11.0. The van der Waals surface area contributed by atoms with Crippen LogP contribution >= 0.6 is 0 Å². The first-order valence-corrected chi connectivity index (χ1v) is 8.31. The van der Waals surface area contributed by atoms with E-state index in [9.17, 15) is 8.42 Å². The van der Waals surface area contributed by atoms with Crippen molar-refractivity contribution in [3.05, 3.63) is 12.4 Å². The molecule has 1 heterocycles. The molecule has 1 aromatic heterocycles. The number of hydrogen-bond donors (Lipinski definition) is 2. The fourth-order valence-corrected chi connectivity index (χ4v) is 3.34. The Morgan fingerprint density at radius 3 is 2.84 bits per heavy atom. The minimum absolute atomic E-state index is 0.102. The molecule has 2 unspecified atom stereocenters. The summed E-state index contributed by atoms with van der Waals surface area (Å²) in [4.78, 5) is 0.262. The van der Waals surface area contributed by atoms with Gasteiger partial charge in [0, 0.05) is 24.8 Å². The molecule has 2 aliphatic carbocycles. The lowest BCUT2D eigenvalue weighted by atomic mass is 10.5. The lowest BCUT2D eigenvalue weighted by Gasteiger charge is -2.03. The van der Waals surface area contributed by atoms with Gasteiger partial charge in [-0.15, -0.1) is 0 Å². The van der Waals surface area contributed by atoms with Crippen molar-refractivity contribution < 1.29 is 8.42 Å². The van der Waals surface area contributed by atoms with Crippen LogP contribution in [0.15, 0.2) is 17.3 Å². The number of nitrogens with zero attached hydrogens (tertiary/aromatic N) is 2. The number of nitrogens with one attached hydrogen (secondary N) is 2. The van der Waals surface area contributed by atoms with Crippen LogP contribution in [0, 0.1) is 5.92 Å². The third-order valence-electron chi connectivity index (χ3n) is 3.69. The van der Waals surface area contributed by atoms with E-state index in [1.54, 1.807) is 10.9 Å². The molecule has 6 nitrogen and oxygen atoms in total. The Morgan fingerprint density at radius 2 is 2.21 bits per heavy atom. The van der Waals surface area contributed by atoms with E-state index in [1.807, 2.05) is 6.92 Å². The summed E-state index contributed by atoms with van der Waals surface area (Å²) in [6, 6.07) is 0.765. The molecule has 2 saturated carbocycles. The first kappa shape index (κ1) is 13.1. The van der Waals surface area contributed by atoms with Crippen molar-refractivity contribution in [3.8, 4) is 0 Å². The van der Waals surface area contributed by atoms with Gasteiger partial charge in [-0.3, -0.25) is 4.68 Å². The Bertz CT molecular complexity index is 550. The number of rotatable bonds is 7. The van der Waals surface area contributed by atoms with E-state index < -0.39 is 10.0 Å². The van der Waals surface area contributed by atoms with Gasteiger partial charge >= 0.3 is 0 Å². The molecule has 0 spiro atoms. The predicted molar refractivity (Wildman–Crippen MR) is 71.1 cm³/mol. The molecular formula is C12H20N4O2S. The first-order chi connectivity index (χ1) is 9.04. The van der Waals surface area contributed by atoms with Crippen LogP contribution in [0.4, 0.5) is 0 Å². The lowest BCUT2D eigenvalue weighted by Crippen LogP contribution is -2.26. The smallest absolute Gasteiger partial charge is 0.243 e. The van der Waals surface area contributed by atoms with E-state index in [4.69, 9.17) is 0 Å². The lowest BCUT2D eigenvalue weighted by molar-refractivity contribution is 0.551. The summed E-state index contributed by atoms with van der Waals surface area (Å²) in [5.41, 5.74) is 0. The van der Waals surface area contributed by atoms with Gasteiger partial charge in [-0.1, -0.05) is 6.92 Å². The largest absolute Gasteiger partial charge is 0.312 e. The van der Waals surface area contributed by atoms with Crippen LogP contribution in [0.25, 0.3) is 0 Å². The van der Waals surface area contributed by atoms with Crippen LogP contribution in [0.2, 0.25) is 0 Å². The summed E-state index contributed by atoms with van der Waals surface area (Å²) in [5.74, 6) is 0.451. The topological polar surface area (TPSA) is 76.0 Å². The van der Waals surface area contributed by atoms with Gasteiger partial charge in [-0.05, 0) is 25.2 Å². The number of aromatic nitrogens is 2. The van der Waals surface area contributed by atoms with Crippen LogP contribution in [0.5, 0.6) is 0 Å². The predicted octanol–water partition coefficient (Wildman–Crippen LogP) is 0.322. The fourth-order valence-electron chi connectivity index (χ4n) is 2.03. The van der Waals surface area contributed by atoms with Crippen LogP contribution in [-0.4, -0.2) is 36.8 Å². The first-order valence-electron chi connectivity index (χ1n) is 6.83. The Hall–Kier alpha value is -0.920. The molecule has 3 rings (SSSR count). The zero-order valence-corrected chi connectivity index (χ0v) is 11.9. The quantitative estimate of drug-likeness (QED) is 0.756. The van der Waals surface area contributed by atoms with Gasteiger partial charge in [0.25, 0.3) is 0 Å².